The molecule has 0 aliphatic heterocycles. The molecule has 553 valence electrons. The van der Waals surface area contributed by atoms with Gasteiger partial charge in [0.15, 0.2) is 116 Å². The first kappa shape index (κ1) is 80.7. The Kier molecular flexibility index (Phi) is 29.1. The molecular weight excluding hydrogens is 1510 g/mol. The number of hydrogen-bond acceptors (Lipinski definition) is 12. The molecule has 0 bridgehead atoms. The van der Waals surface area contributed by atoms with Gasteiger partial charge < -0.3 is 39.4 Å². The Bertz CT molecular complexity index is 4660. The molecule has 0 aliphatic carbocycles. The second-order valence-electron chi connectivity index (χ2n) is 21.9. The van der Waals surface area contributed by atoms with Crippen LogP contribution in [0.15, 0.2) is 237 Å². The first-order valence-corrected chi connectivity index (χ1v) is 33.4. The molecule has 0 aromatic heterocycles. The monoisotopic (exact) mass is 1560 g/mol. The molecule has 0 fully saturated rings. The molecule has 0 unspecified atom stereocenters. The fourth-order valence-electron chi connectivity index (χ4n) is 9.51. The Morgan fingerprint density at radius 2 is 0.477 bits per heavy atom. The van der Waals surface area contributed by atoms with Crippen LogP contribution in [0.25, 0.3) is 36.5 Å². The zero-order valence-corrected chi connectivity index (χ0v) is 58.4. The van der Waals surface area contributed by atoms with Crippen molar-refractivity contribution in [2.45, 2.75) is 0 Å². The molecule has 0 saturated carbocycles. The van der Waals surface area contributed by atoms with Gasteiger partial charge in [0.25, 0.3) is 0 Å². The van der Waals surface area contributed by atoms with Gasteiger partial charge in [-0.1, -0.05) is 60.7 Å². The molecular formula is C80H56Cl2CuF12N4O8. The molecule has 0 spiro atoms. The van der Waals surface area contributed by atoms with Crippen molar-refractivity contribution in [3.8, 4) is 46.0 Å². The van der Waals surface area contributed by atoms with E-state index in [0.29, 0.717) is 22.3 Å². The number of methoxy groups -OCH3 is 4. The number of benzene rings is 10. The fourth-order valence-corrected chi connectivity index (χ4v) is 9.51. The summed E-state index contributed by atoms with van der Waals surface area (Å²) in [4.78, 5) is 18.3. The summed E-state index contributed by atoms with van der Waals surface area (Å²) >= 11 is 0.757. The average Bonchev–Trinajstić information content (AvgIpc) is 0.825. The number of hydrogen-bond donors (Lipinski definition) is 4. The summed E-state index contributed by atoms with van der Waals surface area (Å²) in [6.07, 6.45) is 14.8. The molecule has 0 aliphatic rings. The van der Waals surface area contributed by atoms with Gasteiger partial charge in [-0.05, 0) is 191 Å². The average molecular weight is 1560 g/mol. The summed E-state index contributed by atoms with van der Waals surface area (Å²) in [5, 5.41) is 40.4. The molecule has 27 heteroatoms. The Labute approximate surface area is 619 Å². The van der Waals surface area contributed by atoms with E-state index in [9.17, 15) is 73.1 Å². The predicted molar refractivity (Wildman–Crippen MR) is 389 cm³/mol. The zero-order chi connectivity index (χ0) is 77.4. The summed E-state index contributed by atoms with van der Waals surface area (Å²) in [5.74, 6) is -13.8. The molecule has 4 N–H and O–H groups in total. The van der Waals surface area contributed by atoms with Gasteiger partial charge >= 0.3 is 33.3 Å². The van der Waals surface area contributed by atoms with Gasteiger partial charge in [-0.15, -0.1) is 0 Å². The summed E-state index contributed by atoms with van der Waals surface area (Å²) < 4.78 is 191. The molecule has 10 aromatic rings. The molecule has 0 amide bonds. The van der Waals surface area contributed by atoms with Crippen molar-refractivity contribution in [1.29, 1.82) is 0 Å². The van der Waals surface area contributed by atoms with Crippen LogP contribution in [-0.2, 0) is 13.1 Å². The van der Waals surface area contributed by atoms with Gasteiger partial charge in [0.1, 0.15) is 0 Å². The van der Waals surface area contributed by atoms with E-state index in [-0.39, 0.29) is 114 Å². The van der Waals surface area contributed by atoms with Crippen LogP contribution in [0.5, 0.6) is 46.0 Å². The maximum atomic E-state index is 14.5. The van der Waals surface area contributed by atoms with Crippen molar-refractivity contribution in [3.05, 3.63) is 321 Å². The summed E-state index contributed by atoms with van der Waals surface area (Å²) in [7, 11) is 14.8. The second kappa shape index (κ2) is 38.7. The van der Waals surface area contributed by atoms with Crippen molar-refractivity contribution in [1.82, 2.24) is 0 Å². The van der Waals surface area contributed by atoms with E-state index in [0.717, 1.165) is 85.9 Å². The maximum absolute atomic E-state index is 14.5. The Balaban J connectivity index is 0.000000260. The number of phenols is 4. The van der Waals surface area contributed by atoms with Crippen LogP contribution in [0.2, 0.25) is 0 Å². The molecule has 10 aromatic carbocycles. The van der Waals surface area contributed by atoms with E-state index < -0.39 is 69.8 Å². The normalized spacial score (nSPS) is 11.9. The van der Waals surface area contributed by atoms with E-state index in [1.807, 2.05) is 0 Å². The Hall–Kier alpha value is -12.0. The molecule has 0 heterocycles. The first-order valence-electron chi connectivity index (χ1n) is 30.8. The van der Waals surface area contributed by atoms with E-state index in [1.165, 1.54) is 150 Å². The molecule has 0 atom stereocenters. The van der Waals surface area contributed by atoms with Gasteiger partial charge in [-0.3, -0.25) is 0 Å². The standard InChI is InChI=1S/2C40H28F6N2O4.2ClH.Cu/c2*1-51-39-19-23(6-15-37(39)49)4-13-35(47-26-8-11-30(42)33(45)21-26)28(17-25-3-10-29(41)32(44)18-25)36(48-27-9-12-31(43)34(46)22-27)14-5-24-7-16-38(50)40(20-24)52-2;;;/h2*3-22,49-50H,1-2H3;2*1H;/q;;;;+2/p-2/b2*13-4+,14-5+,28-17?,47-35?,48-36?;;;. The van der Waals surface area contributed by atoms with E-state index in [1.54, 1.807) is 48.6 Å². The minimum atomic E-state index is -1.20. The summed E-state index contributed by atoms with van der Waals surface area (Å²) in [6.45, 7) is 0. The van der Waals surface area contributed by atoms with Crippen LogP contribution in [0.4, 0.5) is 75.4 Å². The Morgan fingerprint density at radius 1 is 0.280 bits per heavy atom. The van der Waals surface area contributed by atoms with Crippen molar-refractivity contribution in [2.75, 3.05) is 28.4 Å². The summed E-state index contributed by atoms with van der Waals surface area (Å²) in [6, 6.07) is 35.6. The molecule has 12 nitrogen and oxygen atoms in total. The number of phenolic OH excluding ortho intramolecular Hbond substituents is 4. The number of aliphatic imine (C=N–C) groups is 4. The van der Waals surface area contributed by atoms with Crippen LogP contribution in [-0.4, -0.2) is 71.7 Å². The summed E-state index contributed by atoms with van der Waals surface area (Å²) in [5.41, 5.74) is 2.07. The van der Waals surface area contributed by atoms with E-state index >= 15 is 0 Å². The van der Waals surface area contributed by atoms with Crippen molar-refractivity contribution >= 4 is 102 Å². The number of rotatable bonds is 22. The topological polar surface area (TPSA) is 167 Å². The van der Waals surface area contributed by atoms with Gasteiger partial charge in [0, 0.05) is 35.4 Å². The SMILES string of the molecule is COc1cc(/C=C/C(=Nc2ccc(F)c(F)c2)C(=Cc2ccc(F)c(F)c2)C(/C=C/c2ccc(O)c(OC)c2)=Nc2ccc(F)c(F)c2)ccc1O.COc1cc(/C=C/C(=Nc2ccc(F)c(F)c2)C(=Cc2ccc(F)c(F)c2)C(/C=C/c2ccc(O)c(OC)c2)=Nc2ccc(F)c(F)c2)ccc1O.[Cl][Cu][Cl]. The number of nitrogens with zero attached hydrogens (tertiary/aromatic N) is 4. The molecule has 0 saturated heterocycles. The third kappa shape index (κ3) is 23.0. The number of allylic oxidation sites excluding steroid dienone is 6. The second-order valence-corrected chi connectivity index (χ2v) is 23.5. The zero-order valence-electron chi connectivity index (χ0n) is 55.9. The first-order chi connectivity index (χ1) is 51.3. The third-order valence-corrected chi connectivity index (χ3v) is 14.8. The van der Waals surface area contributed by atoms with Gasteiger partial charge in [-0.25, -0.2) is 72.7 Å². The molecule has 0 radical (unpaired) electrons. The van der Waals surface area contributed by atoms with Crippen LogP contribution < -0.4 is 18.9 Å². The Morgan fingerprint density at radius 3 is 0.673 bits per heavy atom. The van der Waals surface area contributed by atoms with Crippen LogP contribution in [0.1, 0.15) is 33.4 Å². The quantitative estimate of drug-likeness (QED) is 0.0296. The predicted octanol–water partition coefficient (Wildman–Crippen LogP) is 22.0. The van der Waals surface area contributed by atoms with E-state index in [4.69, 9.17) is 18.9 Å². The number of aromatic hydroxyl groups is 4. The van der Waals surface area contributed by atoms with Gasteiger partial charge in [0.05, 0.1) is 74.0 Å². The minimum absolute atomic E-state index is 0.00273. The molecule has 10 rings (SSSR count). The fraction of sp³-hybridized carbons (Fsp3) is 0.0500. The van der Waals surface area contributed by atoms with Gasteiger partial charge in [0.2, 0.25) is 0 Å². The van der Waals surface area contributed by atoms with Crippen LogP contribution >= 0.6 is 20.2 Å². The van der Waals surface area contributed by atoms with E-state index in [2.05, 4.69) is 40.2 Å². The van der Waals surface area contributed by atoms with Crippen molar-refractivity contribution in [3.63, 3.8) is 0 Å². The van der Waals surface area contributed by atoms with Crippen molar-refractivity contribution < 1.29 is 105 Å². The van der Waals surface area contributed by atoms with Gasteiger partial charge in [-0.2, -0.15) is 0 Å². The number of ether oxygens (including phenoxy) is 4. The molecule has 107 heavy (non-hydrogen) atoms. The third-order valence-electron chi connectivity index (χ3n) is 14.8. The van der Waals surface area contributed by atoms with Crippen LogP contribution in [0.3, 0.4) is 0 Å². The van der Waals surface area contributed by atoms with Crippen LogP contribution in [0, 0.1) is 69.8 Å². The number of halogens is 14. The van der Waals surface area contributed by atoms with Crippen molar-refractivity contribution in [2.24, 2.45) is 20.0 Å².